The maximum atomic E-state index is 13.3. The molecule has 1 saturated carbocycles. The van der Waals surface area contributed by atoms with Crippen LogP contribution in [0.25, 0.3) is 10.6 Å². The predicted molar refractivity (Wildman–Crippen MR) is 85.9 cm³/mol. The fourth-order valence-electron chi connectivity index (χ4n) is 4.67. The summed E-state index contributed by atoms with van der Waals surface area (Å²) in [6, 6.07) is 6.47. The Bertz CT molecular complexity index is 706. The van der Waals surface area contributed by atoms with Gasteiger partial charge in [0, 0.05) is 37.0 Å². The maximum absolute atomic E-state index is 13.3. The number of piperidine rings is 3. The van der Waals surface area contributed by atoms with E-state index in [4.69, 9.17) is 4.74 Å². The van der Waals surface area contributed by atoms with Crippen LogP contribution in [0.2, 0.25) is 0 Å². The first-order valence-electron chi connectivity index (χ1n) is 8.23. The first kappa shape index (κ1) is 13.9. The molecule has 4 aliphatic rings. The lowest BCUT2D eigenvalue weighted by Crippen LogP contribution is -2.61. The van der Waals surface area contributed by atoms with Gasteiger partial charge >= 0.3 is 0 Å². The van der Waals surface area contributed by atoms with E-state index in [1.54, 1.807) is 6.07 Å². The summed E-state index contributed by atoms with van der Waals surface area (Å²) in [7, 11) is 0. The number of halogens is 1. The topological polar surface area (TPSA) is 38.3 Å². The number of nitrogens with zero attached hydrogens (tertiary/aromatic N) is 3. The Hall–Kier alpha value is -1.53. The van der Waals surface area contributed by atoms with Crippen LogP contribution in [-0.2, 0) is 0 Å². The highest BCUT2D eigenvalue weighted by molar-refractivity contribution is 7.16. The van der Waals surface area contributed by atoms with Crippen LogP contribution in [0.15, 0.2) is 24.3 Å². The van der Waals surface area contributed by atoms with Crippen molar-refractivity contribution in [1.82, 2.24) is 15.1 Å². The Balaban J connectivity index is 1.36. The molecule has 4 fully saturated rings. The number of rotatable bonds is 3. The van der Waals surface area contributed by atoms with Crippen LogP contribution in [0, 0.1) is 23.6 Å². The van der Waals surface area contributed by atoms with Crippen molar-refractivity contribution in [2.45, 2.75) is 18.9 Å². The van der Waals surface area contributed by atoms with Crippen molar-refractivity contribution in [3.05, 3.63) is 30.1 Å². The number of benzene rings is 1. The first-order valence-corrected chi connectivity index (χ1v) is 9.05. The molecule has 3 saturated heterocycles. The van der Waals surface area contributed by atoms with Crippen molar-refractivity contribution in [2.75, 3.05) is 19.6 Å². The molecule has 4 bridgehead atoms. The largest absolute Gasteiger partial charge is 0.465 e. The van der Waals surface area contributed by atoms with Gasteiger partial charge in [-0.3, -0.25) is 0 Å². The molecule has 1 aliphatic carbocycles. The Labute approximate surface area is 138 Å². The molecule has 120 valence electrons. The molecule has 0 amide bonds. The normalized spacial score (nSPS) is 34.7. The fourth-order valence-corrected chi connectivity index (χ4v) is 5.40. The molecular formula is C17H18FN3OS. The van der Waals surface area contributed by atoms with Gasteiger partial charge in [0.05, 0.1) is 0 Å². The molecule has 1 aromatic heterocycles. The van der Waals surface area contributed by atoms with Crippen LogP contribution in [-0.4, -0.2) is 40.8 Å². The molecule has 6 rings (SSSR count). The zero-order chi connectivity index (χ0) is 15.4. The maximum Gasteiger partial charge on any atom is 0.294 e. The molecule has 4 nitrogen and oxygen atoms in total. The van der Waals surface area contributed by atoms with E-state index in [0.29, 0.717) is 22.0 Å². The van der Waals surface area contributed by atoms with E-state index >= 15 is 0 Å². The second kappa shape index (κ2) is 5.24. The van der Waals surface area contributed by atoms with E-state index in [0.717, 1.165) is 24.6 Å². The molecule has 6 heteroatoms. The summed E-state index contributed by atoms with van der Waals surface area (Å²) in [4.78, 5) is 2.59. The summed E-state index contributed by atoms with van der Waals surface area (Å²) < 4.78 is 19.6. The molecule has 2 atom stereocenters. The van der Waals surface area contributed by atoms with Crippen LogP contribution < -0.4 is 4.74 Å². The number of aromatic nitrogens is 2. The van der Waals surface area contributed by atoms with Gasteiger partial charge in [-0.2, -0.15) is 0 Å². The highest BCUT2D eigenvalue weighted by Gasteiger charge is 2.49. The van der Waals surface area contributed by atoms with Crippen molar-refractivity contribution >= 4 is 11.3 Å². The molecular weight excluding hydrogens is 313 g/mol. The van der Waals surface area contributed by atoms with Gasteiger partial charge in [-0.1, -0.05) is 28.6 Å². The quantitative estimate of drug-likeness (QED) is 0.866. The Morgan fingerprint density at radius 2 is 1.96 bits per heavy atom. The molecule has 0 radical (unpaired) electrons. The first-order chi connectivity index (χ1) is 11.2. The summed E-state index contributed by atoms with van der Waals surface area (Å²) in [5.41, 5.74) is 0.758. The molecule has 4 heterocycles. The lowest BCUT2D eigenvalue weighted by molar-refractivity contribution is -0.0986. The van der Waals surface area contributed by atoms with Gasteiger partial charge in [-0.15, -0.1) is 5.10 Å². The second-order valence-electron chi connectivity index (χ2n) is 7.04. The van der Waals surface area contributed by atoms with Gasteiger partial charge in [0.15, 0.2) is 5.01 Å². The summed E-state index contributed by atoms with van der Waals surface area (Å²) >= 11 is 1.41. The monoisotopic (exact) mass is 331 g/mol. The molecule has 23 heavy (non-hydrogen) atoms. The molecule has 2 aromatic rings. The lowest BCUT2D eigenvalue weighted by atomic mass is 9.66. The third-order valence-electron chi connectivity index (χ3n) is 5.42. The fraction of sp³-hybridized carbons (Fsp3) is 0.529. The van der Waals surface area contributed by atoms with Crippen LogP contribution in [0.4, 0.5) is 4.39 Å². The van der Waals surface area contributed by atoms with Gasteiger partial charge in [0.2, 0.25) is 0 Å². The zero-order valence-corrected chi connectivity index (χ0v) is 13.5. The Morgan fingerprint density at radius 1 is 1.13 bits per heavy atom. The highest BCUT2D eigenvalue weighted by Crippen LogP contribution is 2.45. The van der Waals surface area contributed by atoms with Crippen molar-refractivity contribution in [3.8, 4) is 15.8 Å². The molecule has 3 aliphatic heterocycles. The number of hydrogen-bond acceptors (Lipinski definition) is 5. The Morgan fingerprint density at radius 3 is 2.70 bits per heavy atom. The third-order valence-corrected chi connectivity index (χ3v) is 6.28. The number of ether oxygens (including phenoxy) is 1. The molecule has 0 spiro atoms. The third kappa shape index (κ3) is 2.44. The van der Waals surface area contributed by atoms with Crippen molar-refractivity contribution in [1.29, 1.82) is 0 Å². The van der Waals surface area contributed by atoms with E-state index < -0.39 is 0 Å². The van der Waals surface area contributed by atoms with Gasteiger partial charge < -0.3 is 9.64 Å². The van der Waals surface area contributed by atoms with Gasteiger partial charge in [0.1, 0.15) is 11.9 Å². The van der Waals surface area contributed by atoms with E-state index in [2.05, 4.69) is 15.1 Å². The van der Waals surface area contributed by atoms with Crippen LogP contribution in [0.1, 0.15) is 12.8 Å². The standard InChI is InChI=1S/C17H18FN3OS/c18-14-3-1-2-11(6-14)16-19-20-17(23-16)22-15-12-4-10-5-13(15)9-21(7-10)8-12/h1-3,6,10,12-13,15H,4-5,7-9H2/t10?,12-,13-,15?/m1/s1. The Kier molecular flexibility index (Phi) is 3.16. The molecule has 0 N–H and O–H groups in total. The van der Waals surface area contributed by atoms with Crippen LogP contribution in [0.5, 0.6) is 5.19 Å². The number of hydrogen-bond donors (Lipinski definition) is 0. The van der Waals surface area contributed by atoms with Gasteiger partial charge in [0.25, 0.3) is 5.19 Å². The van der Waals surface area contributed by atoms with E-state index in [-0.39, 0.29) is 11.9 Å². The highest BCUT2D eigenvalue weighted by atomic mass is 32.1. The van der Waals surface area contributed by atoms with E-state index in [1.807, 2.05) is 6.07 Å². The summed E-state index contributed by atoms with van der Waals surface area (Å²) in [6.45, 7) is 3.60. The molecule has 1 aromatic carbocycles. The second-order valence-corrected chi connectivity index (χ2v) is 7.98. The summed E-state index contributed by atoms with van der Waals surface area (Å²) in [5, 5.41) is 9.70. The minimum atomic E-state index is -0.254. The van der Waals surface area contributed by atoms with E-state index in [1.165, 1.54) is 42.9 Å². The van der Waals surface area contributed by atoms with Gasteiger partial charge in [-0.05, 0) is 30.9 Å². The summed E-state index contributed by atoms with van der Waals surface area (Å²) in [6.07, 6.45) is 2.84. The van der Waals surface area contributed by atoms with Crippen molar-refractivity contribution < 1.29 is 9.13 Å². The smallest absolute Gasteiger partial charge is 0.294 e. The predicted octanol–water partition coefficient (Wildman–Crippen LogP) is 3.06. The average Bonchev–Trinajstić information content (AvgIpc) is 2.99. The minimum Gasteiger partial charge on any atom is -0.465 e. The van der Waals surface area contributed by atoms with Crippen molar-refractivity contribution in [2.24, 2.45) is 17.8 Å². The minimum absolute atomic E-state index is 0.254. The van der Waals surface area contributed by atoms with Crippen LogP contribution >= 0.6 is 11.3 Å². The SMILES string of the molecule is Fc1cccc(-c2nnc(OC3[C@@H]4CC5C[C@@H]3CN(C5)C4)s2)c1. The van der Waals surface area contributed by atoms with Gasteiger partial charge in [-0.25, -0.2) is 4.39 Å². The van der Waals surface area contributed by atoms with Crippen LogP contribution in [0.3, 0.4) is 0 Å². The zero-order valence-electron chi connectivity index (χ0n) is 12.7. The summed E-state index contributed by atoms with van der Waals surface area (Å²) in [5.74, 6) is 1.87. The average molecular weight is 331 g/mol. The van der Waals surface area contributed by atoms with Crippen molar-refractivity contribution in [3.63, 3.8) is 0 Å². The molecule has 0 unspecified atom stereocenters. The van der Waals surface area contributed by atoms with E-state index in [9.17, 15) is 4.39 Å². The lowest BCUT2D eigenvalue weighted by Gasteiger charge is -2.54.